The maximum absolute atomic E-state index is 13.9. The minimum absolute atomic E-state index is 0.0632. The molecule has 0 saturated carbocycles. The minimum atomic E-state index is -0.543. The molecular formula is C22H26FN3O2. The molecule has 2 atom stereocenters. The number of amides is 2. The van der Waals surface area contributed by atoms with Crippen LogP contribution in [0.1, 0.15) is 23.1 Å². The van der Waals surface area contributed by atoms with Crippen LogP contribution in [0.3, 0.4) is 0 Å². The molecule has 1 aliphatic rings. The Bertz CT molecular complexity index is 868. The zero-order chi connectivity index (χ0) is 20.3. The highest BCUT2D eigenvalue weighted by molar-refractivity contribution is 5.88. The van der Waals surface area contributed by atoms with Crippen molar-refractivity contribution in [3.63, 3.8) is 0 Å². The van der Waals surface area contributed by atoms with E-state index < -0.39 is 12.1 Å². The summed E-state index contributed by atoms with van der Waals surface area (Å²) in [6.07, 6.45) is 0.824. The third-order valence-corrected chi connectivity index (χ3v) is 5.17. The fourth-order valence-electron chi connectivity index (χ4n) is 3.66. The first-order valence-electron chi connectivity index (χ1n) is 9.43. The molecule has 0 saturated heterocycles. The molecule has 0 bridgehead atoms. The molecule has 6 heteroatoms. The van der Waals surface area contributed by atoms with E-state index in [0.717, 1.165) is 11.1 Å². The number of halogens is 1. The largest absolute Gasteiger partial charge is 0.347 e. The van der Waals surface area contributed by atoms with Crippen LogP contribution in [0.15, 0.2) is 48.5 Å². The summed E-state index contributed by atoms with van der Waals surface area (Å²) in [5, 5.41) is 0. The molecular weight excluding hydrogens is 357 g/mol. The Morgan fingerprint density at radius 3 is 2.46 bits per heavy atom. The highest BCUT2D eigenvalue weighted by atomic mass is 19.1. The number of benzene rings is 2. The monoisotopic (exact) mass is 383 g/mol. The van der Waals surface area contributed by atoms with Crippen molar-refractivity contribution in [3.05, 3.63) is 71.0 Å². The van der Waals surface area contributed by atoms with Crippen LogP contribution in [0.2, 0.25) is 0 Å². The highest BCUT2D eigenvalue weighted by Crippen LogP contribution is 2.25. The SMILES string of the molecule is CN(C)C(=O)[C@@H]1Cc2ccccc2CN1C(=O)CC(N)Cc1ccccc1F. The number of nitrogens with two attached hydrogens (primary N) is 1. The normalized spacial score (nSPS) is 17.0. The van der Waals surface area contributed by atoms with E-state index in [0.29, 0.717) is 18.5 Å². The Morgan fingerprint density at radius 2 is 1.79 bits per heavy atom. The lowest BCUT2D eigenvalue weighted by Crippen LogP contribution is -2.53. The molecule has 2 aromatic rings. The molecule has 5 nitrogen and oxygen atoms in total. The topological polar surface area (TPSA) is 66.6 Å². The van der Waals surface area contributed by atoms with Gasteiger partial charge in [0.15, 0.2) is 0 Å². The predicted molar refractivity (Wildman–Crippen MR) is 106 cm³/mol. The van der Waals surface area contributed by atoms with E-state index in [1.54, 1.807) is 37.2 Å². The summed E-state index contributed by atoms with van der Waals surface area (Å²) >= 11 is 0. The molecule has 0 aliphatic carbocycles. The molecule has 0 fully saturated rings. The van der Waals surface area contributed by atoms with Crippen molar-refractivity contribution in [1.82, 2.24) is 9.80 Å². The Morgan fingerprint density at radius 1 is 1.14 bits per heavy atom. The number of hydrogen-bond acceptors (Lipinski definition) is 3. The van der Waals surface area contributed by atoms with Gasteiger partial charge < -0.3 is 15.5 Å². The fourth-order valence-corrected chi connectivity index (χ4v) is 3.66. The number of carbonyl (C=O) groups is 2. The van der Waals surface area contributed by atoms with Gasteiger partial charge in [0.2, 0.25) is 11.8 Å². The van der Waals surface area contributed by atoms with Gasteiger partial charge in [-0.25, -0.2) is 4.39 Å². The zero-order valence-electron chi connectivity index (χ0n) is 16.3. The molecule has 2 aromatic carbocycles. The first-order valence-corrected chi connectivity index (χ1v) is 9.43. The Labute approximate surface area is 164 Å². The lowest BCUT2D eigenvalue weighted by atomic mass is 9.92. The van der Waals surface area contributed by atoms with Gasteiger partial charge in [0.1, 0.15) is 11.9 Å². The van der Waals surface area contributed by atoms with Gasteiger partial charge in [0, 0.05) is 39.5 Å². The minimum Gasteiger partial charge on any atom is -0.347 e. The third kappa shape index (κ3) is 4.39. The lowest BCUT2D eigenvalue weighted by molar-refractivity contribution is -0.145. The maximum Gasteiger partial charge on any atom is 0.245 e. The summed E-state index contributed by atoms with van der Waals surface area (Å²) in [5.41, 5.74) is 8.77. The van der Waals surface area contributed by atoms with E-state index in [1.165, 1.54) is 11.0 Å². The molecule has 1 heterocycles. The van der Waals surface area contributed by atoms with E-state index in [1.807, 2.05) is 24.3 Å². The molecule has 148 valence electrons. The molecule has 2 amide bonds. The summed E-state index contributed by atoms with van der Waals surface area (Å²) in [4.78, 5) is 28.8. The van der Waals surface area contributed by atoms with Gasteiger partial charge in [-0.1, -0.05) is 42.5 Å². The number of nitrogens with zero attached hydrogens (tertiary/aromatic N) is 2. The molecule has 3 rings (SSSR count). The molecule has 1 unspecified atom stereocenters. The quantitative estimate of drug-likeness (QED) is 0.860. The molecule has 0 radical (unpaired) electrons. The first-order chi connectivity index (χ1) is 13.4. The number of hydrogen-bond donors (Lipinski definition) is 1. The van der Waals surface area contributed by atoms with Crippen LogP contribution >= 0.6 is 0 Å². The van der Waals surface area contributed by atoms with Crippen LogP contribution in [0, 0.1) is 5.82 Å². The van der Waals surface area contributed by atoms with E-state index in [-0.39, 0.29) is 30.5 Å². The van der Waals surface area contributed by atoms with E-state index >= 15 is 0 Å². The van der Waals surface area contributed by atoms with Gasteiger partial charge in [0.05, 0.1) is 0 Å². The summed E-state index contributed by atoms with van der Waals surface area (Å²) in [6, 6.07) is 13.2. The molecule has 0 aromatic heterocycles. The van der Waals surface area contributed by atoms with Crippen LogP contribution < -0.4 is 5.73 Å². The Kier molecular flexibility index (Phi) is 6.09. The van der Waals surface area contributed by atoms with E-state index in [2.05, 4.69) is 0 Å². The van der Waals surface area contributed by atoms with Gasteiger partial charge in [-0.15, -0.1) is 0 Å². The first kappa shape index (κ1) is 20.0. The summed E-state index contributed by atoms with van der Waals surface area (Å²) < 4.78 is 13.9. The summed E-state index contributed by atoms with van der Waals surface area (Å²) in [6.45, 7) is 0.381. The highest BCUT2D eigenvalue weighted by Gasteiger charge is 2.35. The summed E-state index contributed by atoms with van der Waals surface area (Å²) in [5.74, 6) is -0.609. The second kappa shape index (κ2) is 8.52. The molecule has 0 spiro atoms. The smallest absolute Gasteiger partial charge is 0.245 e. The van der Waals surface area contributed by atoms with Crippen LogP contribution in [0.25, 0.3) is 0 Å². The van der Waals surface area contributed by atoms with Gasteiger partial charge in [-0.2, -0.15) is 0 Å². The average molecular weight is 383 g/mol. The van der Waals surface area contributed by atoms with E-state index in [9.17, 15) is 14.0 Å². The number of rotatable bonds is 5. The molecule has 1 aliphatic heterocycles. The lowest BCUT2D eigenvalue weighted by Gasteiger charge is -2.37. The maximum atomic E-state index is 13.9. The van der Waals surface area contributed by atoms with Crippen molar-refractivity contribution in [2.24, 2.45) is 5.73 Å². The van der Waals surface area contributed by atoms with E-state index in [4.69, 9.17) is 5.73 Å². The van der Waals surface area contributed by atoms with Crippen molar-refractivity contribution in [1.29, 1.82) is 0 Å². The van der Waals surface area contributed by atoms with Crippen molar-refractivity contribution in [2.45, 2.75) is 37.9 Å². The number of likely N-dealkylation sites (N-methyl/N-ethyl adjacent to an activating group) is 1. The second-order valence-electron chi connectivity index (χ2n) is 7.50. The van der Waals surface area contributed by atoms with Crippen LogP contribution in [0.4, 0.5) is 4.39 Å². The fraction of sp³-hybridized carbons (Fsp3) is 0.364. The Hall–Kier alpha value is -2.73. The van der Waals surface area contributed by atoms with Gasteiger partial charge in [0.25, 0.3) is 0 Å². The van der Waals surface area contributed by atoms with Crippen molar-refractivity contribution in [2.75, 3.05) is 14.1 Å². The predicted octanol–water partition coefficient (Wildman–Crippen LogP) is 2.13. The van der Waals surface area contributed by atoms with Crippen LogP contribution in [-0.4, -0.2) is 47.8 Å². The molecule has 2 N–H and O–H groups in total. The van der Waals surface area contributed by atoms with Crippen LogP contribution in [0.5, 0.6) is 0 Å². The van der Waals surface area contributed by atoms with Crippen molar-refractivity contribution < 1.29 is 14.0 Å². The summed E-state index contributed by atoms with van der Waals surface area (Å²) in [7, 11) is 3.38. The second-order valence-corrected chi connectivity index (χ2v) is 7.50. The zero-order valence-corrected chi connectivity index (χ0v) is 16.3. The van der Waals surface area contributed by atoms with Crippen molar-refractivity contribution >= 4 is 11.8 Å². The van der Waals surface area contributed by atoms with Gasteiger partial charge in [-0.3, -0.25) is 9.59 Å². The standard InChI is InChI=1S/C22H26FN3O2/c1-25(2)22(28)20-12-15-7-3-4-9-17(15)14-26(20)21(27)13-18(24)11-16-8-5-6-10-19(16)23/h3-10,18,20H,11-14,24H2,1-2H3/t18?,20-/m0/s1. The number of fused-ring (bicyclic) bond motifs is 1. The molecule has 28 heavy (non-hydrogen) atoms. The van der Waals surface area contributed by atoms with Crippen molar-refractivity contribution in [3.8, 4) is 0 Å². The average Bonchev–Trinajstić information content (AvgIpc) is 2.68. The van der Waals surface area contributed by atoms with Gasteiger partial charge >= 0.3 is 0 Å². The van der Waals surface area contributed by atoms with Crippen LogP contribution in [-0.2, 0) is 29.0 Å². The Balaban J connectivity index is 1.75. The third-order valence-electron chi connectivity index (χ3n) is 5.17. The number of carbonyl (C=O) groups excluding carboxylic acids is 2. The van der Waals surface area contributed by atoms with Gasteiger partial charge in [-0.05, 0) is 29.2 Å².